The van der Waals surface area contributed by atoms with E-state index in [1.54, 1.807) is 24.3 Å². The van der Waals surface area contributed by atoms with E-state index in [9.17, 15) is 19.4 Å². The molecule has 0 saturated carbocycles. The van der Waals surface area contributed by atoms with Crippen molar-refractivity contribution in [1.82, 2.24) is 25.6 Å². The van der Waals surface area contributed by atoms with Gasteiger partial charge in [-0.3, -0.25) is 9.78 Å². The molecular weight excluding hydrogens is 525 g/mol. The van der Waals surface area contributed by atoms with Gasteiger partial charge in [0.1, 0.15) is 5.82 Å². The number of carbonyl (C=O) groups is 1. The lowest BCUT2D eigenvalue weighted by molar-refractivity contribution is -0.139. The van der Waals surface area contributed by atoms with E-state index in [4.69, 9.17) is 10.1 Å². The van der Waals surface area contributed by atoms with Crippen molar-refractivity contribution >= 4 is 12.0 Å². The standard InChI is InChI=1S/C31H32FN5O4/c1-17(2)29-26(13-11-22(38)15-23(39)16-27(40)41)28(18-6-9-21(32)10-7-18)25-5-3-4-19-14-20(31-34-36-37-35-31)8-12-24(19)30(25)33-29/h6-14,17,22-23,38-39H,3-5,15-16H2,1-2H3,(H,40,41)(H,34,35,36,37)/t22-,23-/m1/s1. The van der Waals surface area contributed by atoms with Gasteiger partial charge in [0, 0.05) is 23.1 Å². The van der Waals surface area contributed by atoms with Crippen LogP contribution in [0.15, 0.2) is 48.5 Å². The first-order chi connectivity index (χ1) is 19.7. The topological polar surface area (TPSA) is 145 Å². The number of hydrogen-bond donors (Lipinski definition) is 4. The van der Waals surface area contributed by atoms with Crippen LogP contribution in [-0.2, 0) is 17.6 Å². The fourth-order valence-corrected chi connectivity index (χ4v) is 5.44. The number of aliphatic hydroxyl groups excluding tert-OH is 2. The quantitative estimate of drug-likeness (QED) is 0.226. The Bertz CT molecular complexity index is 1570. The Morgan fingerprint density at radius 2 is 1.85 bits per heavy atom. The van der Waals surface area contributed by atoms with Gasteiger partial charge in [-0.25, -0.2) is 4.39 Å². The van der Waals surface area contributed by atoms with Crippen LogP contribution in [0.3, 0.4) is 0 Å². The van der Waals surface area contributed by atoms with Crippen LogP contribution < -0.4 is 0 Å². The number of aliphatic hydroxyl groups is 2. The molecule has 0 aliphatic heterocycles. The Balaban J connectivity index is 1.67. The highest BCUT2D eigenvalue weighted by Gasteiger charge is 2.26. The van der Waals surface area contributed by atoms with Gasteiger partial charge in [0.05, 0.1) is 30.0 Å². The number of fused-ring (bicyclic) bond motifs is 3. The molecule has 0 saturated heterocycles. The van der Waals surface area contributed by atoms with Crippen LogP contribution in [0, 0.1) is 5.82 Å². The van der Waals surface area contributed by atoms with Crippen LogP contribution >= 0.6 is 0 Å². The smallest absolute Gasteiger partial charge is 0.305 e. The third-order valence-corrected chi connectivity index (χ3v) is 7.29. The molecule has 0 fully saturated rings. The lowest BCUT2D eigenvalue weighted by Crippen LogP contribution is -2.19. The molecule has 0 unspecified atom stereocenters. The highest BCUT2D eigenvalue weighted by atomic mass is 19.1. The molecule has 10 heteroatoms. The zero-order valence-electron chi connectivity index (χ0n) is 22.9. The number of benzene rings is 2. The number of rotatable bonds is 9. The minimum absolute atomic E-state index is 0.0131. The SMILES string of the molecule is CC(C)c1nc2c(c(-c3ccc(F)cc3)c1C=C[C@@H](O)C[C@@H](O)CC(=O)O)CCCc1cc(-c3nn[nH]n3)ccc1-2. The molecule has 1 aliphatic carbocycles. The molecule has 2 atom stereocenters. The Morgan fingerprint density at radius 1 is 1.10 bits per heavy atom. The third-order valence-electron chi connectivity index (χ3n) is 7.29. The molecule has 1 aliphatic rings. The summed E-state index contributed by atoms with van der Waals surface area (Å²) in [6, 6.07) is 12.5. The van der Waals surface area contributed by atoms with E-state index >= 15 is 0 Å². The van der Waals surface area contributed by atoms with Gasteiger partial charge >= 0.3 is 5.97 Å². The molecule has 0 spiro atoms. The van der Waals surface area contributed by atoms with Crippen LogP contribution in [-0.4, -0.2) is 59.1 Å². The number of halogens is 1. The number of aromatic nitrogens is 5. The fourth-order valence-electron chi connectivity index (χ4n) is 5.44. The minimum atomic E-state index is -1.17. The lowest BCUT2D eigenvalue weighted by atomic mass is 9.86. The van der Waals surface area contributed by atoms with E-state index in [0.717, 1.165) is 69.6 Å². The van der Waals surface area contributed by atoms with E-state index in [2.05, 4.69) is 26.7 Å². The number of tetrazole rings is 1. The first-order valence-corrected chi connectivity index (χ1v) is 13.7. The molecule has 41 heavy (non-hydrogen) atoms. The number of nitrogens with one attached hydrogen (secondary N) is 1. The number of carboxylic acid groups (broad SMARTS) is 1. The first-order valence-electron chi connectivity index (χ1n) is 13.7. The molecule has 0 amide bonds. The normalized spacial score (nSPS) is 14.5. The zero-order chi connectivity index (χ0) is 29.1. The van der Waals surface area contributed by atoms with E-state index in [1.165, 1.54) is 12.1 Å². The van der Waals surface area contributed by atoms with Crippen molar-refractivity contribution < 1.29 is 24.5 Å². The number of aliphatic carboxylic acids is 1. The predicted octanol–water partition coefficient (Wildman–Crippen LogP) is 4.95. The molecule has 2 aromatic carbocycles. The van der Waals surface area contributed by atoms with Crippen molar-refractivity contribution in [3.63, 3.8) is 0 Å². The van der Waals surface area contributed by atoms with E-state index in [0.29, 0.717) is 5.82 Å². The van der Waals surface area contributed by atoms with Crippen LogP contribution in [0.4, 0.5) is 4.39 Å². The number of carboxylic acids is 1. The van der Waals surface area contributed by atoms with E-state index < -0.39 is 24.6 Å². The number of hydrogen-bond acceptors (Lipinski definition) is 7. The maximum Gasteiger partial charge on any atom is 0.305 e. The summed E-state index contributed by atoms with van der Waals surface area (Å²) in [5, 5.41) is 44.0. The van der Waals surface area contributed by atoms with Crippen molar-refractivity contribution in [3.8, 4) is 33.8 Å². The van der Waals surface area contributed by atoms with Crippen molar-refractivity contribution in [2.75, 3.05) is 0 Å². The Morgan fingerprint density at radius 3 is 2.54 bits per heavy atom. The van der Waals surface area contributed by atoms with Gasteiger partial charge in [-0.05, 0) is 70.8 Å². The number of aryl methyl sites for hydroxylation is 1. The maximum absolute atomic E-state index is 14.0. The van der Waals surface area contributed by atoms with Gasteiger partial charge in [0.2, 0.25) is 5.82 Å². The van der Waals surface area contributed by atoms with Gasteiger partial charge in [0.25, 0.3) is 0 Å². The predicted molar refractivity (Wildman–Crippen MR) is 152 cm³/mol. The second kappa shape index (κ2) is 12.1. The first kappa shape index (κ1) is 28.3. The van der Waals surface area contributed by atoms with Gasteiger partial charge in [-0.2, -0.15) is 5.21 Å². The summed E-state index contributed by atoms with van der Waals surface area (Å²) >= 11 is 0. The second-order valence-electron chi connectivity index (χ2n) is 10.6. The van der Waals surface area contributed by atoms with E-state index in [-0.39, 0.29) is 18.2 Å². The average molecular weight is 558 g/mol. The summed E-state index contributed by atoms with van der Waals surface area (Å²) < 4.78 is 14.0. The van der Waals surface area contributed by atoms with Gasteiger partial charge in [-0.1, -0.05) is 50.3 Å². The number of nitrogens with zero attached hydrogens (tertiary/aromatic N) is 4. The minimum Gasteiger partial charge on any atom is -0.481 e. The molecule has 0 radical (unpaired) electrons. The van der Waals surface area contributed by atoms with Crippen LogP contribution in [0.1, 0.15) is 61.4 Å². The highest BCUT2D eigenvalue weighted by molar-refractivity contribution is 5.86. The molecule has 2 aromatic heterocycles. The maximum atomic E-state index is 14.0. The fraction of sp³-hybridized carbons (Fsp3) is 0.323. The lowest BCUT2D eigenvalue weighted by Gasteiger charge is -2.22. The van der Waals surface area contributed by atoms with Gasteiger partial charge in [-0.15, -0.1) is 10.2 Å². The summed E-state index contributed by atoms with van der Waals surface area (Å²) in [7, 11) is 0. The number of pyridine rings is 1. The van der Waals surface area contributed by atoms with Crippen molar-refractivity contribution in [2.45, 2.75) is 64.1 Å². The molecule has 2 heterocycles. The van der Waals surface area contributed by atoms with Gasteiger partial charge < -0.3 is 15.3 Å². The van der Waals surface area contributed by atoms with Crippen LogP contribution in [0.25, 0.3) is 39.8 Å². The summed E-state index contributed by atoms with van der Waals surface area (Å²) in [5.74, 6) is -0.932. The molecule has 0 bridgehead atoms. The number of aromatic amines is 1. The Labute approximate surface area is 236 Å². The van der Waals surface area contributed by atoms with Crippen molar-refractivity contribution in [3.05, 3.63) is 76.7 Å². The molecular formula is C31H32FN5O4. The van der Waals surface area contributed by atoms with Crippen LogP contribution in [0.5, 0.6) is 0 Å². The number of H-pyrrole nitrogens is 1. The molecule has 4 N–H and O–H groups in total. The summed E-state index contributed by atoms with van der Waals surface area (Å²) in [6.45, 7) is 4.09. The van der Waals surface area contributed by atoms with Crippen molar-refractivity contribution in [1.29, 1.82) is 0 Å². The second-order valence-corrected chi connectivity index (χ2v) is 10.6. The monoisotopic (exact) mass is 557 g/mol. The zero-order valence-corrected chi connectivity index (χ0v) is 22.9. The van der Waals surface area contributed by atoms with Crippen LogP contribution in [0.2, 0.25) is 0 Å². The summed E-state index contributed by atoms with van der Waals surface area (Å²) in [5.41, 5.74) is 8.29. The molecule has 9 nitrogen and oxygen atoms in total. The van der Waals surface area contributed by atoms with Gasteiger partial charge in [0.15, 0.2) is 0 Å². The Kier molecular flexibility index (Phi) is 8.32. The molecule has 212 valence electrons. The molecule has 4 aromatic rings. The average Bonchev–Trinajstić information content (AvgIpc) is 3.40. The third kappa shape index (κ3) is 6.23. The molecule has 5 rings (SSSR count). The largest absolute Gasteiger partial charge is 0.481 e. The van der Waals surface area contributed by atoms with Crippen molar-refractivity contribution in [2.24, 2.45) is 0 Å². The van der Waals surface area contributed by atoms with E-state index in [1.807, 2.05) is 26.0 Å². The Hall–Kier alpha value is -4.28. The summed E-state index contributed by atoms with van der Waals surface area (Å²) in [4.78, 5) is 16.1. The highest BCUT2D eigenvalue weighted by Crippen LogP contribution is 2.42. The summed E-state index contributed by atoms with van der Waals surface area (Å²) in [6.07, 6.45) is 2.99.